The van der Waals surface area contributed by atoms with E-state index in [2.05, 4.69) is 4.72 Å². The van der Waals surface area contributed by atoms with E-state index in [1.54, 1.807) is 0 Å². The fraction of sp³-hybridized carbons (Fsp3) is 0.143. The molecule has 0 aliphatic rings. The van der Waals surface area contributed by atoms with Crippen LogP contribution in [-0.2, 0) is 19.2 Å². The molecule has 0 aliphatic heterocycles. The average Bonchev–Trinajstić information content (AvgIpc) is 2.28. The molecule has 13 heteroatoms. The molecule has 0 radical (unpaired) electrons. The summed E-state index contributed by atoms with van der Waals surface area (Å²) in [5, 5.41) is 0.519. The third-order valence-corrected chi connectivity index (χ3v) is 3.07. The lowest BCUT2D eigenvalue weighted by Gasteiger charge is -2.00. The minimum absolute atomic E-state index is 0.217. The van der Waals surface area contributed by atoms with Gasteiger partial charge in [0.05, 0.1) is 4.90 Å². The zero-order chi connectivity index (χ0) is 16.3. The number of benzene rings is 1. The van der Waals surface area contributed by atoms with Crippen LogP contribution in [0.15, 0.2) is 29.2 Å². The van der Waals surface area contributed by atoms with Crippen molar-refractivity contribution in [3.05, 3.63) is 29.3 Å². The first-order chi connectivity index (χ1) is 9.02. The lowest BCUT2D eigenvalue weighted by molar-refractivity contribution is 0.403. The first-order valence-electron chi connectivity index (χ1n) is 4.42. The molecule has 114 valence electrons. The van der Waals surface area contributed by atoms with Gasteiger partial charge in [0.25, 0.3) is 0 Å². The molecule has 0 spiro atoms. The van der Waals surface area contributed by atoms with E-state index in [1.165, 1.54) is 31.3 Å². The number of sulfonamides is 1. The summed E-state index contributed by atoms with van der Waals surface area (Å²) in [6, 6.07) is 5.97. The average molecular weight is 368 g/mol. The van der Waals surface area contributed by atoms with Gasteiger partial charge in [0.1, 0.15) is 0 Å². The van der Waals surface area contributed by atoms with Gasteiger partial charge in [-0.2, -0.15) is 0 Å². The van der Waals surface area contributed by atoms with E-state index in [4.69, 9.17) is 40.3 Å². The SMILES string of the molecule is CNS(=O)(=O)c1ccc(Cl)cc1.O=[P+](O)O.O=[P+](O)O. The quantitative estimate of drug-likeness (QED) is 0.472. The van der Waals surface area contributed by atoms with Crippen molar-refractivity contribution in [1.29, 1.82) is 0 Å². The van der Waals surface area contributed by atoms with E-state index in [0.29, 0.717) is 5.02 Å². The lowest BCUT2D eigenvalue weighted by atomic mass is 10.4. The molecule has 0 aliphatic carbocycles. The van der Waals surface area contributed by atoms with E-state index in [0.717, 1.165) is 0 Å². The normalized spacial score (nSPS) is 9.50. The smallest absolute Gasteiger partial charge is 0.214 e. The van der Waals surface area contributed by atoms with Crippen LogP contribution in [0, 0.1) is 0 Å². The van der Waals surface area contributed by atoms with Crippen LogP contribution in [0.5, 0.6) is 0 Å². The van der Waals surface area contributed by atoms with Crippen molar-refractivity contribution in [2.24, 2.45) is 0 Å². The maximum atomic E-state index is 11.2. The Hall–Kier alpha value is -0.540. The van der Waals surface area contributed by atoms with Crippen LogP contribution in [0.25, 0.3) is 0 Å². The van der Waals surface area contributed by atoms with Gasteiger partial charge in [0.15, 0.2) is 0 Å². The molecule has 9 nitrogen and oxygen atoms in total. The summed E-state index contributed by atoms with van der Waals surface area (Å²) in [6.07, 6.45) is 0. The van der Waals surface area contributed by atoms with Crippen LogP contribution < -0.4 is 4.72 Å². The predicted molar refractivity (Wildman–Crippen MR) is 71.8 cm³/mol. The van der Waals surface area contributed by atoms with Crippen molar-refractivity contribution >= 4 is 38.1 Å². The van der Waals surface area contributed by atoms with Crippen molar-refractivity contribution in [3.8, 4) is 0 Å². The van der Waals surface area contributed by atoms with Gasteiger partial charge in [-0.1, -0.05) is 11.6 Å². The summed E-state index contributed by atoms with van der Waals surface area (Å²) >= 11 is 5.59. The van der Waals surface area contributed by atoms with Crippen LogP contribution in [0.3, 0.4) is 0 Å². The van der Waals surface area contributed by atoms with Gasteiger partial charge in [-0.05, 0) is 31.3 Å². The molecule has 20 heavy (non-hydrogen) atoms. The maximum Gasteiger partial charge on any atom is 0.692 e. The van der Waals surface area contributed by atoms with Crippen LogP contribution in [0.2, 0.25) is 5.02 Å². The number of hydrogen-bond donors (Lipinski definition) is 5. The second kappa shape index (κ2) is 11.2. The van der Waals surface area contributed by atoms with Crippen LogP contribution in [0.1, 0.15) is 0 Å². The van der Waals surface area contributed by atoms with E-state index in [-0.39, 0.29) is 4.90 Å². The van der Waals surface area contributed by atoms with Crippen molar-refractivity contribution < 1.29 is 37.1 Å². The Kier molecular flexibility index (Phi) is 12.1. The summed E-state index contributed by atoms with van der Waals surface area (Å²) in [7, 11) is -7.70. The number of rotatable bonds is 2. The van der Waals surface area contributed by atoms with Gasteiger partial charge < -0.3 is 0 Å². The summed E-state index contributed by atoms with van der Waals surface area (Å²) in [5.74, 6) is 0. The zero-order valence-corrected chi connectivity index (χ0v) is 13.3. The molecular formula is C7H12ClNO8P2S+2. The maximum absolute atomic E-state index is 11.2. The van der Waals surface area contributed by atoms with Gasteiger partial charge in [0.2, 0.25) is 10.0 Å². The molecule has 1 aromatic carbocycles. The summed E-state index contributed by atoms with van der Waals surface area (Å²) in [6.45, 7) is 0. The zero-order valence-electron chi connectivity index (χ0n) is 9.91. The van der Waals surface area contributed by atoms with Crippen molar-refractivity contribution in [1.82, 2.24) is 4.72 Å². The van der Waals surface area contributed by atoms with Crippen LogP contribution >= 0.6 is 28.1 Å². The number of nitrogens with one attached hydrogen (secondary N) is 1. The van der Waals surface area contributed by atoms with Gasteiger partial charge in [-0.15, -0.1) is 19.6 Å². The van der Waals surface area contributed by atoms with Crippen LogP contribution in [-0.4, -0.2) is 35.0 Å². The van der Waals surface area contributed by atoms with E-state index in [1.807, 2.05) is 0 Å². The standard InChI is InChI=1S/C7H8ClNO2S.2HO3P/c1-9-12(10,11)7-4-2-6(8)3-5-7;2*1-4(2)3/h2-5,9H,1H3;2*(H-,1,2,3)/p+2. The molecule has 1 rings (SSSR count). The Morgan fingerprint density at radius 3 is 1.55 bits per heavy atom. The number of hydrogen-bond acceptors (Lipinski definition) is 4. The molecular weight excluding hydrogens is 356 g/mol. The van der Waals surface area contributed by atoms with Crippen molar-refractivity contribution in [2.45, 2.75) is 4.90 Å². The Morgan fingerprint density at radius 2 is 1.30 bits per heavy atom. The van der Waals surface area contributed by atoms with E-state index >= 15 is 0 Å². The highest BCUT2D eigenvalue weighted by atomic mass is 35.5. The van der Waals surface area contributed by atoms with Crippen molar-refractivity contribution in [3.63, 3.8) is 0 Å². The molecule has 0 fully saturated rings. The number of halogens is 1. The molecule has 0 aromatic heterocycles. The molecule has 0 saturated carbocycles. The lowest BCUT2D eigenvalue weighted by Crippen LogP contribution is -2.18. The molecule has 0 atom stereocenters. The minimum atomic E-state index is -3.32. The Labute approximate surface area is 121 Å². The largest absolute Gasteiger partial charge is 0.692 e. The molecule has 0 bridgehead atoms. The summed E-state index contributed by atoms with van der Waals surface area (Å²) in [4.78, 5) is 28.7. The molecule has 0 heterocycles. The van der Waals surface area contributed by atoms with Gasteiger partial charge in [-0.3, -0.25) is 0 Å². The highest BCUT2D eigenvalue weighted by Gasteiger charge is 2.09. The summed E-state index contributed by atoms with van der Waals surface area (Å²) < 4.78 is 41.9. The highest BCUT2D eigenvalue weighted by molar-refractivity contribution is 7.89. The van der Waals surface area contributed by atoms with E-state index in [9.17, 15) is 8.42 Å². The third-order valence-electron chi connectivity index (χ3n) is 1.39. The van der Waals surface area contributed by atoms with Gasteiger partial charge in [-0.25, -0.2) is 13.1 Å². The fourth-order valence-electron chi connectivity index (χ4n) is 0.732. The highest BCUT2D eigenvalue weighted by Crippen LogP contribution is 2.13. The van der Waals surface area contributed by atoms with Crippen molar-refractivity contribution in [2.75, 3.05) is 7.05 Å². The molecule has 0 saturated heterocycles. The first kappa shape index (κ1) is 21.8. The van der Waals surface area contributed by atoms with Crippen LogP contribution in [0.4, 0.5) is 0 Å². The fourth-order valence-corrected chi connectivity index (χ4v) is 1.59. The van der Waals surface area contributed by atoms with Gasteiger partial charge >= 0.3 is 16.5 Å². The Balaban J connectivity index is 0. The minimum Gasteiger partial charge on any atom is -0.214 e. The first-order valence-corrected chi connectivity index (χ1v) is 8.61. The monoisotopic (exact) mass is 367 g/mol. The van der Waals surface area contributed by atoms with Gasteiger partial charge in [0, 0.05) is 14.2 Å². The molecule has 1 aromatic rings. The Bertz CT molecular complexity index is 514. The topological polar surface area (TPSA) is 161 Å². The third kappa shape index (κ3) is 13.9. The van der Waals surface area contributed by atoms with E-state index < -0.39 is 26.5 Å². The predicted octanol–water partition coefficient (Wildman–Crippen LogP) is 0.505. The molecule has 0 unspecified atom stereocenters. The molecule has 5 N–H and O–H groups in total. The summed E-state index contributed by atoms with van der Waals surface area (Å²) in [5.41, 5.74) is 0. The second-order valence-electron chi connectivity index (χ2n) is 2.67. The Morgan fingerprint density at radius 1 is 1.00 bits per heavy atom. The second-order valence-corrected chi connectivity index (χ2v) is 6.00. The molecule has 0 amide bonds.